The second-order valence-electron chi connectivity index (χ2n) is 6.16. The lowest BCUT2D eigenvalue weighted by molar-refractivity contribution is -0.128. The number of Topliss-reactive ketones (excluding diaryl/α,β-unsaturated/α-hetero) is 1. The molecule has 9 nitrogen and oxygen atoms in total. The lowest BCUT2D eigenvalue weighted by Gasteiger charge is -2.19. The summed E-state index contributed by atoms with van der Waals surface area (Å²) < 4.78 is 50.8. The molecule has 10 heteroatoms. The van der Waals surface area contributed by atoms with Crippen molar-refractivity contribution in [3.05, 3.63) is 24.4 Å². The minimum absolute atomic E-state index is 0.0429. The Balaban J connectivity index is 2.25. The number of carbonyl (C=O) groups excluding carboxylic acids is 3. The van der Waals surface area contributed by atoms with Crippen LogP contribution in [0.15, 0.2) is 29.4 Å². The second kappa shape index (κ2) is 9.05. The van der Waals surface area contributed by atoms with E-state index in [9.17, 15) is 22.8 Å². The number of nitrogens with two attached hydrogens (primary N) is 1. The third kappa shape index (κ3) is 5.57. The summed E-state index contributed by atoms with van der Waals surface area (Å²) in [4.78, 5) is 39.9. The first-order valence-corrected chi connectivity index (χ1v) is 9.85. The summed E-state index contributed by atoms with van der Waals surface area (Å²) >= 11 is 0. The van der Waals surface area contributed by atoms with E-state index in [-0.39, 0.29) is 32.2 Å². The zero-order valence-electron chi connectivity index (χ0n) is 17.8. The molecule has 1 saturated heterocycles. The highest BCUT2D eigenvalue weighted by molar-refractivity contribution is 7.89. The number of pyridine rings is 1. The molecule has 3 N–H and O–H groups in total. The van der Waals surface area contributed by atoms with Gasteiger partial charge < -0.3 is 11.1 Å². The van der Waals surface area contributed by atoms with Gasteiger partial charge in [-0.15, -0.1) is 0 Å². The van der Waals surface area contributed by atoms with Gasteiger partial charge in [-0.2, -0.15) is 4.31 Å². The van der Waals surface area contributed by atoms with Crippen LogP contribution in [0.3, 0.4) is 0 Å². The van der Waals surface area contributed by atoms with Crippen molar-refractivity contribution in [3.8, 4) is 0 Å². The van der Waals surface area contributed by atoms with Gasteiger partial charge in [0.05, 0.1) is 16.6 Å². The van der Waals surface area contributed by atoms with Crippen LogP contribution >= 0.6 is 0 Å². The highest BCUT2D eigenvalue weighted by Gasteiger charge is 2.33. The smallest absolute Gasteiger partial charge is 0.260 e. The molecule has 148 valence electrons. The number of hydrogen-bond donors (Lipinski definition) is 2. The van der Waals surface area contributed by atoms with Crippen molar-refractivity contribution >= 4 is 27.6 Å². The zero-order valence-corrected chi connectivity index (χ0v) is 15.7. The molecule has 2 amide bonds. The molecule has 1 aromatic rings. The number of amides is 2. The summed E-state index contributed by atoms with van der Waals surface area (Å²) in [6.45, 7) is -1.92. The number of rotatable bonds is 7. The normalized spacial score (nSPS) is 26.1. The van der Waals surface area contributed by atoms with Gasteiger partial charge in [0.25, 0.3) is 10.0 Å². The SMILES string of the molecule is [2H]C1([2H])C(=O)[C@@]([2H])(NC(=O)CCC(C)C(N)=O)CCCN1S(=O)(=O)c1ccccn1. The average Bonchev–Trinajstić information content (AvgIpc) is 2.76. The molecule has 0 bridgehead atoms. The van der Waals surface area contributed by atoms with Crippen LogP contribution < -0.4 is 11.1 Å². The van der Waals surface area contributed by atoms with E-state index in [4.69, 9.17) is 9.85 Å². The van der Waals surface area contributed by atoms with E-state index in [1.807, 2.05) is 0 Å². The Morgan fingerprint density at radius 2 is 2.26 bits per heavy atom. The maximum atomic E-state index is 12.9. The lowest BCUT2D eigenvalue weighted by Crippen LogP contribution is -2.44. The molecule has 0 aromatic carbocycles. The molecule has 0 aliphatic carbocycles. The third-order valence-corrected chi connectivity index (χ3v) is 5.69. The number of nitrogens with zero attached hydrogens (tertiary/aromatic N) is 2. The molecule has 27 heavy (non-hydrogen) atoms. The molecule has 1 aliphatic rings. The molecule has 2 atom stereocenters. The van der Waals surface area contributed by atoms with Crippen LogP contribution in [0.4, 0.5) is 0 Å². The minimum Gasteiger partial charge on any atom is -0.369 e. The van der Waals surface area contributed by atoms with Gasteiger partial charge >= 0.3 is 0 Å². The quantitative estimate of drug-likeness (QED) is 0.652. The Labute approximate surface area is 162 Å². The van der Waals surface area contributed by atoms with Crippen LogP contribution in [0.25, 0.3) is 0 Å². The topological polar surface area (TPSA) is 140 Å². The fourth-order valence-electron chi connectivity index (χ4n) is 2.38. The first-order valence-electron chi connectivity index (χ1n) is 9.91. The minimum atomic E-state index is -4.46. The van der Waals surface area contributed by atoms with Gasteiger partial charge in [0.2, 0.25) is 11.8 Å². The number of ketones is 1. The van der Waals surface area contributed by atoms with Crippen molar-refractivity contribution in [2.45, 2.75) is 43.7 Å². The molecule has 2 heterocycles. The Morgan fingerprint density at radius 3 is 2.89 bits per heavy atom. The van der Waals surface area contributed by atoms with Gasteiger partial charge in [-0.3, -0.25) is 14.4 Å². The lowest BCUT2D eigenvalue weighted by atomic mass is 10.0. The Bertz CT molecular complexity index is 929. The van der Waals surface area contributed by atoms with Crippen molar-refractivity contribution in [2.75, 3.05) is 13.0 Å². The number of aromatic nitrogens is 1. The van der Waals surface area contributed by atoms with Gasteiger partial charge in [-0.05, 0) is 31.4 Å². The van der Waals surface area contributed by atoms with Crippen LogP contribution in [-0.2, 0) is 24.4 Å². The van der Waals surface area contributed by atoms with Crippen molar-refractivity contribution < 1.29 is 26.9 Å². The molecular weight excluding hydrogens is 372 g/mol. The van der Waals surface area contributed by atoms with Crippen molar-refractivity contribution in [3.63, 3.8) is 0 Å². The highest BCUT2D eigenvalue weighted by Crippen LogP contribution is 2.18. The van der Waals surface area contributed by atoms with Gasteiger partial charge in [0.1, 0.15) is 0 Å². The molecule has 1 fully saturated rings. The predicted molar refractivity (Wildman–Crippen MR) is 96.8 cm³/mol. The molecule has 0 spiro atoms. The molecule has 1 aromatic heterocycles. The fraction of sp³-hybridized carbons (Fsp3) is 0.529. The summed E-state index contributed by atoms with van der Waals surface area (Å²) in [5.74, 6) is -3.32. The summed E-state index contributed by atoms with van der Waals surface area (Å²) in [6.07, 6.45) is 0.801. The Hall–Kier alpha value is -2.33. The molecule has 1 unspecified atom stereocenters. The predicted octanol–water partition coefficient (Wildman–Crippen LogP) is -0.178. The van der Waals surface area contributed by atoms with E-state index in [1.165, 1.54) is 31.3 Å². The maximum absolute atomic E-state index is 12.9. The average molecular weight is 399 g/mol. The van der Waals surface area contributed by atoms with Crippen molar-refractivity contribution in [1.82, 2.24) is 14.6 Å². The van der Waals surface area contributed by atoms with Crippen molar-refractivity contribution in [1.29, 1.82) is 0 Å². The van der Waals surface area contributed by atoms with Gasteiger partial charge in [0, 0.05) is 25.1 Å². The van der Waals surface area contributed by atoms with E-state index in [0.29, 0.717) is 4.31 Å². The number of sulfonamides is 1. The maximum Gasteiger partial charge on any atom is 0.260 e. The van der Waals surface area contributed by atoms with Gasteiger partial charge in [-0.1, -0.05) is 13.0 Å². The zero-order chi connectivity index (χ0) is 22.7. The number of carbonyl (C=O) groups is 3. The van der Waals surface area contributed by atoms with Crippen LogP contribution in [0.5, 0.6) is 0 Å². The Kier molecular flexibility index (Phi) is 5.63. The molecular formula is C17H24N4O5S. The molecule has 0 radical (unpaired) electrons. The Morgan fingerprint density at radius 1 is 1.52 bits per heavy atom. The summed E-state index contributed by atoms with van der Waals surface area (Å²) in [7, 11) is -4.46. The first kappa shape index (κ1) is 16.8. The highest BCUT2D eigenvalue weighted by atomic mass is 32.2. The number of nitrogens with one attached hydrogen (secondary N) is 1. The van der Waals surface area contributed by atoms with E-state index >= 15 is 0 Å². The third-order valence-electron chi connectivity index (χ3n) is 4.06. The van der Waals surface area contributed by atoms with Crippen LogP contribution in [0, 0.1) is 5.92 Å². The first-order chi connectivity index (χ1) is 13.8. The second-order valence-corrected chi connectivity index (χ2v) is 7.97. The van der Waals surface area contributed by atoms with E-state index in [1.54, 1.807) is 0 Å². The molecule has 0 saturated carbocycles. The van der Waals surface area contributed by atoms with Crippen molar-refractivity contribution in [2.24, 2.45) is 11.7 Å². The van der Waals surface area contributed by atoms with Gasteiger partial charge in [-0.25, -0.2) is 13.4 Å². The van der Waals surface area contributed by atoms with Crippen LogP contribution in [-0.4, -0.2) is 54.4 Å². The number of primary amides is 1. The monoisotopic (exact) mass is 399 g/mol. The largest absolute Gasteiger partial charge is 0.369 e. The molecule has 1 aliphatic heterocycles. The fourth-order valence-corrected chi connectivity index (χ4v) is 3.63. The van der Waals surface area contributed by atoms with E-state index in [2.05, 4.69) is 10.3 Å². The summed E-state index contributed by atoms with van der Waals surface area (Å²) in [6, 6.07) is 1.73. The summed E-state index contributed by atoms with van der Waals surface area (Å²) in [5.41, 5.74) is 5.14. The van der Waals surface area contributed by atoms with Crippen LogP contribution in [0.1, 0.15) is 36.7 Å². The van der Waals surface area contributed by atoms with Crippen LogP contribution in [0.2, 0.25) is 0 Å². The van der Waals surface area contributed by atoms with Gasteiger partial charge in [0.15, 0.2) is 10.8 Å². The molecule has 2 rings (SSSR count). The van der Waals surface area contributed by atoms with E-state index < -0.39 is 51.1 Å². The summed E-state index contributed by atoms with van der Waals surface area (Å²) in [5, 5.41) is 1.77. The number of hydrogen-bond acceptors (Lipinski definition) is 6. The standard InChI is InChI=1S/C17H24N4O5S/c1-12(17(18)24)7-8-15(23)20-13-5-4-10-21(11-14(13)22)27(25,26)16-6-2-3-9-19-16/h2-3,6,9,12-13H,4-5,7-8,10-11H2,1H3,(H2,18,24)(H,20,23)/t12?,13-/m0/s1/i11D2,13D. The van der Waals surface area contributed by atoms with E-state index in [0.717, 1.165) is 0 Å².